The van der Waals surface area contributed by atoms with Gasteiger partial charge in [0.2, 0.25) is 0 Å². The molecular weight excluding hydrogens is 460 g/mol. The molecule has 0 radical (unpaired) electrons. The monoisotopic (exact) mass is 486 g/mol. The van der Waals surface area contributed by atoms with Crippen LogP contribution in [0.25, 0.3) is 5.76 Å². The molecule has 0 saturated carbocycles. The van der Waals surface area contributed by atoms with Gasteiger partial charge in [0.1, 0.15) is 11.5 Å². The summed E-state index contributed by atoms with van der Waals surface area (Å²) in [5.74, 6) is -1.89. The van der Waals surface area contributed by atoms with Crippen LogP contribution in [0.5, 0.6) is 5.75 Å². The van der Waals surface area contributed by atoms with Gasteiger partial charge in [0.05, 0.1) is 35.9 Å². The Morgan fingerprint density at radius 2 is 1.76 bits per heavy atom. The summed E-state index contributed by atoms with van der Waals surface area (Å²) in [7, 11) is 5.01. The van der Waals surface area contributed by atoms with Crippen molar-refractivity contribution < 1.29 is 29.0 Å². The Bertz CT molecular complexity index is 1130. The number of carbonyl (C=O) groups excluding carboxylic acids is 3. The zero-order valence-electron chi connectivity index (χ0n) is 19.5. The molecule has 0 unspecified atom stereocenters. The Labute approximate surface area is 203 Å². The molecular formula is C25H27ClN2O6. The summed E-state index contributed by atoms with van der Waals surface area (Å²) in [6.45, 7) is 3.02. The summed E-state index contributed by atoms with van der Waals surface area (Å²) in [6, 6.07) is 10.2. The van der Waals surface area contributed by atoms with Gasteiger partial charge in [0, 0.05) is 18.7 Å². The van der Waals surface area contributed by atoms with Crippen LogP contribution < -0.4 is 4.74 Å². The van der Waals surface area contributed by atoms with Crippen LogP contribution in [0.2, 0.25) is 5.02 Å². The van der Waals surface area contributed by atoms with Crippen LogP contribution in [0.15, 0.2) is 48.0 Å². The van der Waals surface area contributed by atoms with Crippen molar-refractivity contribution in [1.82, 2.24) is 9.80 Å². The number of aliphatic hydroxyl groups excluding tert-OH is 1. The first-order valence-electron chi connectivity index (χ1n) is 10.7. The maximum Gasteiger partial charge on any atom is 0.337 e. The Balaban J connectivity index is 2.12. The van der Waals surface area contributed by atoms with Crippen molar-refractivity contribution in [1.29, 1.82) is 0 Å². The Kier molecular flexibility index (Phi) is 7.96. The van der Waals surface area contributed by atoms with E-state index >= 15 is 0 Å². The van der Waals surface area contributed by atoms with Gasteiger partial charge in [-0.1, -0.05) is 23.7 Å². The van der Waals surface area contributed by atoms with E-state index in [1.807, 2.05) is 25.9 Å². The summed E-state index contributed by atoms with van der Waals surface area (Å²) >= 11 is 6.28. The number of amides is 1. The Hall–Kier alpha value is -3.36. The zero-order chi connectivity index (χ0) is 25.0. The van der Waals surface area contributed by atoms with E-state index in [-0.39, 0.29) is 28.5 Å². The van der Waals surface area contributed by atoms with Crippen molar-refractivity contribution in [2.24, 2.45) is 0 Å². The van der Waals surface area contributed by atoms with Gasteiger partial charge in [-0.25, -0.2) is 4.79 Å². The fourth-order valence-electron chi connectivity index (χ4n) is 3.76. The fourth-order valence-corrected chi connectivity index (χ4v) is 4.00. The van der Waals surface area contributed by atoms with E-state index in [4.69, 9.17) is 21.1 Å². The second-order valence-corrected chi connectivity index (χ2v) is 8.39. The van der Waals surface area contributed by atoms with Crippen LogP contribution in [0, 0.1) is 0 Å². The number of hydrogen-bond acceptors (Lipinski definition) is 7. The molecule has 0 aliphatic carbocycles. The van der Waals surface area contributed by atoms with E-state index in [0.717, 1.165) is 0 Å². The van der Waals surface area contributed by atoms with Gasteiger partial charge < -0.3 is 24.4 Å². The molecule has 1 aliphatic rings. The van der Waals surface area contributed by atoms with E-state index in [0.29, 0.717) is 30.0 Å². The number of carbonyl (C=O) groups is 3. The number of halogens is 1. The predicted molar refractivity (Wildman–Crippen MR) is 128 cm³/mol. The first kappa shape index (κ1) is 25.3. The van der Waals surface area contributed by atoms with Gasteiger partial charge in [-0.3, -0.25) is 9.59 Å². The molecule has 0 aromatic heterocycles. The van der Waals surface area contributed by atoms with Gasteiger partial charge in [-0.2, -0.15) is 0 Å². The van der Waals surface area contributed by atoms with Gasteiger partial charge >= 0.3 is 5.97 Å². The van der Waals surface area contributed by atoms with Crippen molar-refractivity contribution in [3.05, 3.63) is 69.8 Å². The van der Waals surface area contributed by atoms with Crippen molar-refractivity contribution in [3.8, 4) is 5.75 Å². The molecule has 8 nitrogen and oxygen atoms in total. The molecule has 1 amide bonds. The van der Waals surface area contributed by atoms with E-state index < -0.39 is 23.7 Å². The van der Waals surface area contributed by atoms with Gasteiger partial charge in [0.15, 0.2) is 0 Å². The molecule has 1 atom stereocenters. The summed E-state index contributed by atoms with van der Waals surface area (Å²) in [5.41, 5.74) is 1.14. The lowest BCUT2D eigenvalue weighted by atomic mass is 9.94. The van der Waals surface area contributed by atoms with Crippen molar-refractivity contribution in [3.63, 3.8) is 0 Å². The molecule has 34 heavy (non-hydrogen) atoms. The molecule has 180 valence electrons. The lowest BCUT2D eigenvalue weighted by Gasteiger charge is -2.26. The summed E-state index contributed by atoms with van der Waals surface area (Å²) < 4.78 is 10.2. The van der Waals surface area contributed by atoms with Gasteiger partial charge in [-0.15, -0.1) is 0 Å². The van der Waals surface area contributed by atoms with Gasteiger partial charge in [0.25, 0.3) is 11.7 Å². The maximum atomic E-state index is 13.1. The Morgan fingerprint density at radius 1 is 1.12 bits per heavy atom. The molecule has 9 heteroatoms. The number of nitrogens with zero attached hydrogens (tertiary/aromatic N) is 2. The average molecular weight is 487 g/mol. The third-order valence-corrected chi connectivity index (χ3v) is 5.78. The highest BCUT2D eigenvalue weighted by Crippen LogP contribution is 2.40. The van der Waals surface area contributed by atoms with Crippen LogP contribution in [0.1, 0.15) is 34.5 Å². The molecule has 1 aliphatic heterocycles. The smallest absolute Gasteiger partial charge is 0.337 e. The van der Waals surface area contributed by atoms with Crippen LogP contribution in [-0.4, -0.2) is 73.5 Å². The van der Waals surface area contributed by atoms with Crippen molar-refractivity contribution in [2.75, 3.05) is 40.9 Å². The SMILES string of the molecule is CCOc1ccc(/C(O)=C2\C(=O)C(=O)N(CCN(C)C)[C@H]2c2ccc(C(=O)OC)cc2)cc1Cl. The molecule has 0 spiro atoms. The van der Waals surface area contributed by atoms with Crippen LogP contribution in [-0.2, 0) is 14.3 Å². The van der Waals surface area contributed by atoms with Crippen molar-refractivity contribution in [2.45, 2.75) is 13.0 Å². The molecule has 0 bridgehead atoms. The molecule has 1 fully saturated rings. The van der Waals surface area contributed by atoms with E-state index in [1.54, 1.807) is 36.4 Å². The zero-order valence-corrected chi connectivity index (χ0v) is 20.3. The highest BCUT2D eigenvalue weighted by atomic mass is 35.5. The number of methoxy groups -OCH3 is 1. The molecule has 1 saturated heterocycles. The lowest BCUT2D eigenvalue weighted by molar-refractivity contribution is -0.140. The minimum absolute atomic E-state index is 0.0465. The number of Topliss-reactive ketones (excluding diaryl/α,β-unsaturated/α-hetero) is 1. The predicted octanol–water partition coefficient (Wildman–Crippen LogP) is 3.51. The lowest BCUT2D eigenvalue weighted by Crippen LogP contribution is -2.35. The quantitative estimate of drug-likeness (QED) is 0.264. The normalized spacial score (nSPS) is 17.4. The number of rotatable bonds is 8. The number of hydrogen-bond donors (Lipinski definition) is 1. The second kappa shape index (κ2) is 10.7. The largest absolute Gasteiger partial charge is 0.507 e. The number of likely N-dealkylation sites (N-methyl/N-ethyl adjacent to an activating group) is 1. The Morgan fingerprint density at radius 3 is 2.32 bits per heavy atom. The number of likely N-dealkylation sites (tertiary alicyclic amines) is 1. The second-order valence-electron chi connectivity index (χ2n) is 7.99. The molecule has 3 rings (SSSR count). The standard InChI is InChI=1S/C25H27ClN2O6/c1-5-34-19-11-10-17(14-18(19)26)22(29)20-21(15-6-8-16(9-7-15)25(32)33-4)28(13-12-27(2)3)24(31)23(20)30/h6-11,14,21,29H,5,12-13H2,1-4H3/b22-20+/t21-/m0/s1. The maximum absolute atomic E-state index is 13.1. The van der Waals surface area contributed by atoms with E-state index in [9.17, 15) is 19.5 Å². The summed E-state index contributed by atoms with van der Waals surface area (Å²) in [6.07, 6.45) is 0. The molecule has 1 heterocycles. The minimum atomic E-state index is -0.836. The fraction of sp³-hybridized carbons (Fsp3) is 0.320. The summed E-state index contributed by atoms with van der Waals surface area (Å²) in [5, 5.41) is 11.4. The number of ketones is 1. The van der Waals surface area contributed by atoms with Crippen LogP contribution >= 0.6 is 11.6 Å². The third-order valence-electron chi connectivity index (χ3n) is 5.48. The third kappa shape index (κ3) is 5.08. The molecule has 2 aromatic rings. The first-order chi connectivity index (χ1) is 16.2. The highest BCUT2D eigenvalue weighted by molar-refractivity contribution is 6.46. The number of esters is 1. The van der Waals surface area contributed by atoms with E-state index in [1.165, 1.54) is 18.1 Å². The highest BCUT2D eigenvalue weighted by Gasteiger charge is 2.46. The van der Waals surface area contributed by atoms with Gasteiger partial charge in [-0.05, 0) is 56.9 Å². The first-order valence-corrected chi connectivity index (χ1v) is 11.1. The van der Waals surface area contributed by atoms with Crippen molar-refractivity contribution >= 4 is 35.0 Å². The molecule has 1 N–H and O–H groups in total. The number of ether oxygens (including phenoxy) is 2. The number of aliphatic hydroxyl groups is 1. The number of benzene rings is 2. The topological polar surface area (TPSA) is 96.4 Å². The minimum Gasteiger partial charge on any atom is -0.507 e. The molecule has 2 aromatic carbocycles. The average Bonchev–Trinajstić information content (AvgIpc) is 3.08. The van der Waals surface area contributed by atoms with Crippen LogP contribution in [0.3, 0.4) is 0 Å². The van der Waals surface area contributed by atoms with Crippen LogP contribution in [0.4, 0.5) is 0 Å². The summed E-state index contributed by atoms with van der Waals surface area (Å²) in [4.78, 5) is 41.2. The van der Waals surface area contributed by atoms with E-state index in [2.05, 4.69) is 0 Å².